The zero-order valence-electron chi connectivity index (χ0n) is 17.4. The van der Waals surface area contributed by atoms with Crippen LogP contribution in [0.2, 0.25) is 0 Å². The molecule has 1 unspecified atom stereocenters. The summed E-state index contributed by atoms with van der Waals surface area (Å²) in [6.07, 6.45) is 4.00. The van der Waals surface area contributed by atoms with E-state index in [0.717, 1.165) is 51.0 Å². The summed E-state index contributed by atoms with van der Waals surface area (Å²) in [5.74, 6) is 0.112. The largest absolute Gasteiger partial charge is 0.488 e. The Labute approximate surface area is 174 Å². The lowest BCUT2D eigenvalue weighted by molar-refractivity contribution is -0.119. The first-order valence-electron chi connectivity index (χ1n) is 10.7. The molecule has 0 bridgehead atoms. The molecule has 1 saturated heterocycles. The van der Waals surface area contributed by atoms with Crippen molar-refractivity contribution in [3.8, 4) is 0 Å². The Morgan fingerprint density at radius 1 is 1.14 bits per heavy atom. The SMILES string of the molecule is C=C(OCCCC)C(=O)N(c1ccccc1)C1CCCN(Cc2ccccc2)C1. The van der Waals surface area contributed by atoms with Gasteiger partial charge in [0.2, 0.25) is 0 Å². The second kappa shape index (κ2) is 10.8. The van der Waals surface area contributed by atoms with Crippen molar-refractivity contribution < 1.29 is 9.53 Å². The Morgan fingerprint density at radius 2 is 1.83 bits per heavy atom. The van der Waals surface area contributed by atoms with E-state index in [0.29, 0.717) is 6.61 Å². The summed E-state index contributed by atoms with van der Waals surface area (Å²) >= 11 is 0. The predicted octanol–water partition coefficient (Wildman–Crippen LogP) is 5.01. The fourth-order valence-corrected chi connectivity index (χ4v) is 3.85. The zero-order chi connectivity index (χ0) is 20.5. The number of anilines is 1. The maximum Gasteiger partial charge on any atom is 0.292 e. The van der Waals surface area contributed by atoms with Crippen molar-refractivity contribution in [3.05, 3.63) is 78.6 Å². The van der Waals surface area contributed by atoms with Crippen LogP contribution in [0.3, 0.4) is 0 Å². The molecule has 154 valence electrons. The molecule has 1 aliphatic heterocycles. The second-order valence-corrected chi connectivity index (χ2v) is 7.65. The molecule has 4 nitrogen and oxygen atoms in total. The van der Waals surface area contributed by atoms with Crippen LogP contribution in [0.1, 0.15) is 38.2 Å². The quantitative estimate of drug-likeness (QED) is 0.341. The number of likely N-dealkylation sites (tertiary alicyclic amines) is 1. The summed E-state index contributed by atoms with van der Waals surface area (Å²) in [5.41, 5.74) is 2.21. The van der Waals surface area contributed by atoms with Gasteiger partial charge in [0.05, 0.1) is 12.6 Å². The summed E-state index contributed by atoms with van der Waals surface area (Å²) in [5, 5.41) is 0. The van der Waals surface area contributed by atoms with Crippen molar-refractivity contribution in [2.75, 3.05) is 24.6 Å². The fourth-order valence-electron chi connectivity index (χ4n) is 3.85. The second-order valence-electron chi connectivity index (χ2n) is 7.65. The molecule has 1 aliphatic rings. The van der Waals surface area contributed by atoms with Crippen LogP contribution in [0.15, 0.2) is 73.0 Å². The van der Waals surface area contributed by atoms with Gasteiger partial charge >= 0.3 is 0 Å². The number of carbonyl (C=O) groups excluding carboxylic acids is 1. The highest BCUT2D eigenvalue weighted by molar-refractivity contribution is 6.04. The van der Waals surface area contributed by atoms with Crippen LogP contribution in [0, 0.1) is 0 Å². The van der Waals surface area contributed by atoms with E-state index in [4.69, 9.17) is 4.74 Å². The van der Waals surface area contributed by atoms with Gasteiger partial charge in [0.25, 0.3) is 5.91 Å². The molecule has 3 rings (SSSR count). The first kappa shape index (κ1) is 21.1. The van der Waals surface area contributed by atoms with Crippen LogP contribution >= 0.6 is 0 Å². The third-order valence-electron chi connectivity index (χ3n) is 5.36. The number of amides is 1. The van der Waals surface area contributed by atoms with Crippen LogP contribution in [-0.2, 0) is 16.1 Å². The van der Waals surface area contributed by atoms with Gasteiger partial charge in [0, 0.05) is 18.8 Å². The minimum atomic E-state index is -0.126. The lowest BCUT2D eigenvalue weighted by Gasteiger charge is -2.39. The van der Waals surface area contributed by atoms with Gasteiger partial charge in [0.1, 0.15) is 0 Å². The van der Waals surface area contributed by atoms with Gasteiger partial charge in [-0.05, 0) is 43.5 Å². The molecule has 0 N–H and O–H groups in total. The Kier molecular flexibility index (Phi) is 7.88. The number of ether oxygens (including phenoxy) is 1. The number of carbonyl (C=O) groups is 1. The average Bonchev–Trinajstić information content (AvgIpc) is 2.76. The number of piperidine rings is 1. The van der Waals surface area contributed by atoms with Gasteiger partial charge in [-0.15, -0.1) is 0 Å². The molecule has 0 spiro atoms. The Bertz CT molecular complexity index is 776. The van der Waals surface area contributed by atoms with Crippen LogP contribution in [0.5, 0.6) is 0 Å². The molecular formula is C25H32N2O2. The molecule has 0 saturated carbocycles. The normalized spacial score (nSPS) is 16.9. The van der Waals surface area contributed by atoms with Crippen molar-refractivity contribution in [2.45, 2.75) is 45.2 Å². The third kappa shape index (κ3) is 5.94. The van der Waals surface area contributed by atoms with Crippen molar-refractivity contribution in [2.24, 2.45) is 0 Å². The molecule has 0 aromatic heterocycles. The van der Waals surface area contributed by atoms with Gasteiger partial charge in [-0.2, -0.15) is 0 Å². The number of benzene rings is 2. The van der Waals surface area contributed by atoms with Crippen molar-refractivity contribution in [1.82, 2.24) is 4.90 Å². The molecule has 1 amide bonds. The minimum absolute atomic E-state index is 0.105. The van der Waals surface area contributed by atoms with Crippen LogP contribution < -0.4 is 4.90 Å². The van der Waals surface area contributed by atoms with Gasteiger partial charge < -0.3 is 9.64 Å². The standard InChI is InChI=1S/C25H32N2O2/c1-3-4-18-29-21(2)25(28)27(23-14-9-6-10-15-23)24-16-11-17-26(20-24)19-22-12-7-5-8-13-22/h5-10,12-15,24H,2-4,11,16-20H2,1H3. The molecule has 29 heavy (non-hydrogen) atoms. The summed E-state index contributed by atoms with van der Waals surface area (Å²) in [7, 11) is 0. The monoisotopic (exact) mass is 392 g/mol. The van der Waals surface area contributed by atoms with E-state index in [1.807, 2.05) is 41.3 Å². The maximum atomic E-state index is 13.3. The summed E-state index contributed by atoms with van der Waals surface area (Å²) in [6.45, 7) is 9.37. The Morgan fingerprint density at radius 3 is 2.52 bits per heavy atom. The molecule has 2 aromatic rings. The zero-order valence-corrected chi connectivity index (χ0v) is 17.4. The van der Waals surface area contributed by atoms with E-state index in [1.165, 1.54) is 5.56 Å². The van der Waals surface area contributed by atoms with Crippen molar-refractivity contribution >= 4 is 11.6 Å². The van der Waals surface area contributed by atoms with E-state index >= 15 is 0 Å². The lowest BCUT2D eigenvalue weighted by Crippen LogP contribution is -2.50. The highest BCUT2D eigenvalue weighted by atomic mass is 16.5. The van der Waals surface area contributed by atoms with Gasteiger partial charge in [0.15, 0.2) is 5.76 Å². The Balaban J connectivity index is 1.74. The van der Waals surface area contributed by atoms with Gasteiger partial charge in [-0.3, -0.25) is 9.69 Å². The van der Waals surface area contributed by atoms with E-state index < -0.39 is 0 Å². The van der Waals surface area contributed by atoms with E-state index in [-0.39, 0.29) is 17.7 Å². The molecule has 1 heterocycles. The molecule has 0 radical (unpaired) electrons. The molecular weight excluding hydrogens is 360 g/mol. The van der Waals surface area contributed by atoms with Gasteiger partial charge in [-0.1, -0.05) is 68.5 Å². The first-order valence-corrected chi connectivity index (χ1v) is 10.7. The number of hydrogen-bond donors (Lipinski definition) is 0. The van der Waals surface area contributed by atoms with Crippen LogP contribution in [0.25, 0.3) is 0 Å². The van der Waals surface area contributed by atoms with E-state index in [2.05, 4.69) is 42.7 Å². The third-order valence-corrected chi connectivity index (χ3v) is 5.36. The Hall–Kier alpha value is -2.59. The van der Waals surface area contributed by atoms with Crippen LogP contribution in [0.4, 0.5) is 5.69 Å². The number of para-hydroxylation sites is 1. The highest BCUT2D eigenvalue weighted by Crippen LogP contribution is 2.26. The molecule has 4 heteroatoms. The number of nitrogens with zero attached hydrogens (tertiary/aromatic N) is 2. The summed E-state index contributed by atoms with van der Waals surface area (Å²) < 4.78 is 5.66. The molecule has 0 aliphatic carbocycles. The number of unbranched alkanes of at least 4 members (excludes halogenated alkanes) is 1. The number of rotatable bonds is 9. The smallest absolute Gasteiger partial charge is 0.292 e. The highest BCUT2D eigenvalue weighted by Gasteiger charge is 2.31. The topological polar surface area (TPSA) is 32.8 Å². The fraction of sp³-hybridized carbons (Fsp3) is 0.400. The molecule has 2 aromatic carbocycles. The van der Waals surface area contributed by atoms with Gasteiger partial charge in [-0.25, -0.2) is 0 Å². The van der Waals surface area contributed by atoms with Crippen molar-refractivity contribution in [3.63, 3.8) is 0 Å². The average molecular weight is 393 g/mol. The first-order chi connectivity index (χ1) is 14.2. The minimum Gasteiger partial charge on any atom is -0.488 e. The summed E-state index contributed by atoms with van der Waals surface area (Å²) in [4.78, 5) is 17.6. The maximum absolute atomic E-state index is 13.3. The predicted molar refractivity (Wildman–Crippen MR) is 119 cm³/mol. The van der Waals surface area contributed by atoms with Crippen LogP contribution in [-0.4, -0.2) is 36.5 Å². The lowest BCUT2D eigenvalue weighted by atomic mass is 10.0. The molecule has 1 atom stereocenters. The van der Waals surface area contributed by atoms with Crippen molar-refractivity contribution in [1.29, 1.82) is 0 Å². The van der Waals surface area contributed by atoms with E-state index in [1.54, 1.807) is 0 Å². The number of hydrogen-bond acceptors (Lipinski definition) is 3. The summed E-state index contributed by atoms with van der Waals surface area (Å²) in [6, 6.07) is 20.5. The van der Waals surface area contributed by atoms with E-state index in [9.17, 15) is 4.79 Å². The molecule has 1 fully saturated rings.